The second-order valence-corrected chi connectivity index (χ2v) is 18.1. The van der Waals surface area contributed by atoms with Gasteiger partial charge in [0, 0.05) is 39.7 Å². The third-order valence-electron chi connectivity index (χ3n) is 14.2. The maximum Gasteiger partial charge on any atom is 0.0755 e. The topological polar surface area (TPSA) is 9.72 Å². The summed E-state index contributed by atoms with van der Waals surface area (Å²) in [6.45, 7) is 0. The molecule has 11 aromatic rings. The van der Waals surface area contributed by atoms with Crippen LogP contribution in [0.5, 0.6) is 0 Å². The molecule has 1 aliphatic heterocycles. The SMILES string of the molecule is c1ccc(-c2ccc(N(c3ccccc3)c3ccc4c(c3)C3(c5ccccc5N(c5ccccc5)c5ccccc53)c3cccc(N(c5ccccc5)c5cccc(-c6ccccc6)c5)c3-4)cc2)cc1. The summed E-state index contributed by atoms with van der Waals surface area (Å²) in [5.74, 6) is 0. The van der Waals surface area contributed by atoms with E-state index in [4.69, 9.17) is 0 Å². The highest BCUT2D eigenvalue weighted by atomic mass is 15.2. The van der Waals surface area contributed by atoms with Gasteiger partial charge >= 0.3 is 0 Å². The molecule has 3 heteroatoms. The van der Waals surface area contributed by atoms with Gasteiger partial charge in [0.05, 0.1) is 22.5 Å². The highest BCUT2D eigenvalue weighted by Gasteiger charge is 2.53. The Hall–Kier alpha value is -9.18. The molecule has 0 saturated heterocycles. The first-order valence-electron chi connectivity index (χ1n) is 24.1. The molecule has 0 unspecified atom stereocenters. The van der Waals surface area contributed by atoms with Gasteiger partial charge in [0.2, 0.25) is 0 Å². The van der Waals surface area contributed by atoms with E-state index < -0.39 is 5.41 Å². The standard InChI is InChI=1S/C67H47N3/c1-6-22-48(23-7-1)50-40-42-55(43-41-50)68(52-27-10-3-11-28-52)57-44-45-58-62(47-57)67(59-34-16-18-37-63(59)70(54-31-14-5-15-32-54)64-38-19-17-35-60(64)67)61-36-21-39-65(66(58)61)69(53-29-12-4-13-30-53)56-33-20-26-51(46-56)49-24-8-2-9-25-49/h1-47H. The monoisotopic (exact) mass is 893 g/mol. The maximum atomic E-state index is 2.49. The first kappa shape index (κ1) is 41.0. The maximum absolute atomic E-state index is 2.49. The summed E-state index contributed by atoms with van der Waals surface area (Å²) in [5, 5.41) is 0. The zero-order valence-corrected chi connectivity index (χ0v) is 38.5. The smallest absolute Gasteiger partial charge is 0.0755 e. The van der Waals surface area contributed by atoms with Gasteiger partial charge in [-0.1, -0.05) is 194 Å². The van der Waals surface area contributed by atoms with Gasteiger partial charge in [0.1, 0.15) is 0 Å². The molecule has 0 aromatic heterocycles. The third-order valence-corrected chi connectivity index (χ3v) is 14.2. The van der Waals surface area contributed by atoms with Gasteiger partial charge in [-0.25, -0.2) is 0 Å². The van der Waals surface area contributed by atoms with Crippen LogP contribution in [-0.4, -0.2) is 0 Å². The Morgan fingerprint density at radius 1 is 0.271 bits per heavy atom. The molecule has 2 aliphatic rings. The lowest BCUT2D eigenvalue weighted by atomic mass is 9.64. The van der Waals surface area contributed by atoms with E-state index in [-0.39, 0.29) is 0 Å². The van der Waals surface area contributed by atoms with E-state index in [1.54, 1.807) is 0 Å². The summed E-state index contributed by atoms with van der Waals surface area (Å²) in [7, 11) is 0. The summed E-state index contributed by atoms with van der Waals surface area (Å²) >= 11 is 0. The molecule has 0 amide bonds. The first-order valence-corrected chi connectivity index (χ1v) is 24.1. The van der Waals surface area contributed by atoms with E-state index in [1.807, 2.05) is 0 Å². The predicted octanol–water partition coefficient (Wildman–Crippen LogP) is 18.1. The molecule has 330 valence electrons. The normalized spacial score (nSPS) is 12.7. The molecule has 0 radical (unpaired) electrons. The molecule has 3 nitrogen and oxygen atoms in total. The Morgan fingerprint density at radius 2 is 0.700 bits per heavy atom. The minimum absolute atomic E-state index is 0.705. The predicted molar refractivity (Wildman–Crippen MR) is 292 cm³/mol. The van der Waals surface area contributed by atoms with Crippen LogP contribution in [0.25, 0.3) is 33.4 Å². The molecule has 11 aromatic carbocycles. The van der Waals surface area contributed by atoms with Gasteiger partial charge in [-0.05, 0) is 141 Å². The Balaban J connectivity index is 1.10. The van der Waals surface area contributed by atoms with Crippen LogP contribution >= 0.6 is 0 Å². The fourth-order valence-electron chi connectivity index (χ4n) is 11.3. The molecule has 1 spiro atoms. The Kier molecular flexibility index (Phi) is 10.1. The molecule has 0 saturated carbocycles. The number of para-hydroxylation sites is 5. The van der Waals surface area contributed by atoms with Crippen molar-refractivity contribution in [1.82, 2.24) is 0 Å². The van der Waals surface area contributed by atoms with Crippen molar-refractivity contribution in [2.24, 2.45) is 0 Å². The quantitative estimate of drug-likeness (QED) is 0.143. The lowest BCUT2D eigenvalue weighted by Crippen LogP contribution is -2.36. The number of hydrogen-bond acceptors (Lipinski definition) is 3. The van der Waals surface area contributed by atoms with E-state index in [0.29, 0.717) is 0 Å². The molecular formula is C67H47N3. The third kappa shape index (κ3) is 6.66. The van der Waals surface area contributed by atoms with Crippen molar-refractivity contribution in [2.75, 3.05) is 14.7 Å². The van der Waals surface area contributed by atoms with Gasteiger partial charge in [-0.15, -0.1) is 0 Å². The van der Waals surface area contributed by atoms with Crippen LogP contribution < -0.4 is 14.7 Å². The fraction of sp³-hybridized carbons (Fsp3) is 0.0149. The van der Waals surface area contributed by atoms with Gasteiger partial charge < -0.3 is 14.7 Å². The van der Waals surface area contributed by atoms with Crippen LogP contribution in [0, 0.1) is 0 Å². The highest BCUT2D eigenvalue weighted by molar-refractivity contribution is 6.02. The molecule has 70 heavy (non-hydrogen) atoms. The van der Waals surface area contributed by atoms with Crippen molar-refractivity contribution in [1.29, 1.82) is 0 Å². The molecule has 1 aliphatic carbocycles. The van der Waals surface area contributed by atoms with Crippen LogP contribution in [0.1, 0.15) is 22.3 Å². The van der Waals surface area contributed by atoms with Crippen molar-refractivity contribution in [3.8, 4) is 33.4 Å². The number of hydrogen-bond donors (Lipinski definition) is 0. The summed E-state index contributed by atoms with van der Waals surface area (Å²) in [4.78, 5) is 7.33. The van der Waals surface area contributed by atoms with Crippen LogP contribution in [0.4, 0.5) is 51.2 Å². The minimum Gasteiger partial charge on any atom is -0.310 e. The van der Waals surface area contributed by atoms with Gasteiger partial charge in [-0.2, -0.15) is 0 Å². The number of fused-ring (bicyclic) bond motifs is 9. The lowest BCUT2D eigenvalue weighted by Gasteiger charge is -2.45. The summed E-state index contributed by atoms with van der Waals surface area (Å²) in [5.41, 5.74) is 21.4. The van der Waals surface area contributed by atoms with E-state index in [0.717, 1.165) is 51.2 Å². The number of anilines is 9. The van der Waals surface area contributed by atoms with Gasteiger partial charge in [-0.3, -0.25) is 0 Å². The number of nitrogens with zero attached hydrogens (tertiary/aromatic N) is 3. The second kappa shape index (κ2) is 17.2. The Bertz CT molecular complexity index is 3600. The van der Waals surface area contributed by atoms with Crippen molar-refractivity contribution in [3.05, 3.63) is 307 Å². The van der Waals surface area contributed by atoms with Gasteiger partial charge in [0.15, 0.2) is 0 Å². The average Bonchev–Trinajstić information content (AvgIpc) is 3.73. The van der Waals surface area contributed by atoms with Crippen molar-refractivity contribution in [3.63, 3.8) is 0 Å². The molecule has 13 rings (SSSR count). The molecule has 0 fully saturated rings. The Morgan fingerprint density at radius 3 is 1.33 bits per heavy atom. The zero-order valence-electron chi connectivity index (χ0n) is 38.5. The molecule has 0 bridgehead atoms. The molecular weight excluding hydrogens is 847 g/mol. The molecule has 1 heterocycles. The fourth-order valence-corrected chi connectivity index (χ4v) is 11.3. The number of rotatable bonds is 9. The van der Waals surface area contributed by atoms with Crippen LogP contribution in [0.15, 0.2) is 285 Å². The van der Waals surface area contributed by atoms with Gasteiger partial charge in [0.25, 0.3) is 0 Å². The van der Waals surface area contributed by atoms with Crippen molar-refractivity contribution >= 4 is 51.2 Å². The van der Waals surface area contributed by atoms with Crippen molar-refractivity contribution < 1.29 is 0 Å². The van der Waals surface area contributed by atoms with Crippen LogP contribution in [0.2, 0.25) is 0 Å². The second-order valence-electron chi connectivity index (χ2n) is 18.1. The number of benzene rings is 11. The van der Waals surface area contributed by atoms with E-state index in [2.05, 4.69) is 300 Å². The summed E-state index contributed by atoms with van der Waals surface area (Å²) < 4.78 is 0. The summed E-state index contributed by atoms with van der Waals surface area (Å²) in [6, 6.07) is 104. The molecule has 0 atom stereocenters. The Labute approximate surface area is 410 Å². The lowest BCUT2D eigenvalue weighted by molar-refractivity contribution is 0.752. The largest absolute Gasteiger partial charge is 0.310 e. The molecule has 0 N–H and O–H groups in total. The average molecular weight is 894 g/mol. The van der Waals surface area contributed by atoms with E-state index in [9.17, 15) is 0 Å². The van der Waals surface area contributed by atoms with E-state index >= 15 is 0 Å². The zero-order chi connectivity index (χ0) is 46.4. The van der Waals surface area contributed by atoms with Crippen LogP contribution in [0.3, 0.4) is 0 Å². The van der Waals surface area contributed by atoms with Crippen LogP contribution in [-0.2, 0) is 5.41 Å². The van der Waals surface area contributed by atoms with E-state index in [1.165, 1.54) is 55.6 Å². The van der Waals surface area contributed by atoms with Crippen molar-refractivity contribution in [2.45, 2.75) is 5.41 Å². The summed E-state index contributed by atoms with van der Waals surface area (Å²) in [6.07, 6.45) is 0. The first-order chi connectivity index (χ1) is 34.8. The highest BCUT2D eigenvalue weighted by Crippen LogP contribution is 2.66. The minimum atomic E-state index is -0.705.